The highest BCUT2D eigenvalue weighted by Gasteiger charge is 2.40. The Morgan fingerprint density at radius 3 is 2.35 bits per heavy atom. The Morgan fingerprint density at radius 2 is 1.65 bits per heavy atom. The fourth-order valence-electron chi connectivity index (χ4n) is 4.37. The van der Waals surface area contributed by atoms with E-state index in [0.29, 0.717) is 56.9 Å². The van der Waals surface area contributed by atoms with Crippen molar-refractivity contribution in [2.24, 2.45) is 0 Å². The number of likely N-dealkylation sites (tertiary alicyclic amines) is 1. The Labute approximate surface area is 207 Å². The average molecular weight is 499 g/mol. The van der Waals surface area contributed by atoms with E-state index in [4.69, 9.17) is 14.2 Å². The lowest BCUT2D eigenvalue weighted by atomic mass is 10.0. The number of nitrogens with zero attached hydrogens (tertiary/aromatic N) is 4. The molecule has 2 aliphatic rings. The van der Waals surface area contributed by atoms with Gasteiger partial charge in [0, 0.05) is 18.3 Å². The van der Waals surface area contributed by atoms with Crippen molar-refractivity contribution < 1.29 is 24.1 Å². The number of carbonyl (C=O) groups excluding carboxylic acids is 1. The summed E-state index contributed by atoms with van der Waals surface area (Å²) in [6, 6.07) is 0. The molecule has 9 nitrogen and oxygen atoms in total. The Bertz CT molecular complexity index is 699. The van der Waals surface area contributed by atoms with Crippen molar-refractivity contribution in [1.82, 2.24) is 19.9 Å². The minimum Gasteiger partial charge on any atom is -0.379 e. The highest BCUT2D eigenvalue weighted by Crippen LogP contribution is 2.36. The van der Waals surface area contributed by atoms with Crippen LogP contribution >= 0.6 is 11.8 Å². The van der Waals surface area contributed by atoms with E-state index in [9.17, 15) is 9.90 Å². The van der Waals surface area contributed by atoms with Gasteiger partial charge in [0.05, 0.1) is 57.6 Å². The molecule has 194 valence electrons. The third-order valence-corrected chi connectivity index (χ3v) is 7.81. The molecule has 2 unspecified atom stereocenters. The van der Waals surface area contributed by atoms with Crippen LogP contribution < -0.4 is 0 Å². The van der Waals surface area contributed by atoms with Gasteiger partial charge in [-0.15, -0.1) is 16.9 Å². The van der Waals surface area contributed by atoms with Crippen molar-refractivity contribution in [1.29, 1.82) is 0 Å². The molecule has 1 aliphatic carbocycles. The molecule has 1 aromatic heterocycles. The molecule has 1 N–H and O–H groups in total. The number of ether oxygens (including phenoxy) is 3. The standard InChI is InChI=1S/C24H42N4O5S/c1-2-11-31-13-15-33-16-14-32-12-10-27-18-20(25-26-27)19-28-23(29)17-22(24(28)30)34-21-8-6-4-3-5-7-9-21/h18,21-23,29H,2-17,19H2,1H3. The van der Waals surface area contributed by atoms with Gasteiger partial charge in [0.25, 0.3) is 0 Å². The van der Waals surface area contributed by atoms with Crippen LogP contribution in [-0.2, 0) is 32.1 Å². The van der Waals surface area contributed by atoms with E-state index >= 15 is 0 Å². The maximum Gasteiger partial charge on any atom is 0.238 e. The quantitative estimate of drug-likeness (QED) is 0.369. The van der Waals surface area contributed by atoms with Gasteiger partial charge >= 0.3 is 0 Å². The van der Waals surface area contributed by atoms with E-state index in [1.54, 1.807) is 21.3 Å². The minimum absolute atomic E-state index is 0.0255. The molecule has 1 aliphatic heterocycles. The summed E-state index contributed by atoms with van der Waals surface area (Å²) >= 11 is 1.78. The van der Waals surface area contributed by atoms with Crippen molar-refractivity contribution in [3.05, 3.63) is 11.9 Å². The number of thioether (sulfide) groups is 1. The SMILES string of the molecule is CCCOCCOCCOCCn1cc(CN2C(=O)C(SC3CCCCCCC3)CC2O)nn1. The van der Waals surface area contributed by atoms with Crippen LogP contribution in [0.25, 0.3) is 0 Å². The van der Waals surface area contributed by atoms with Crippen molar-refractivity contribution in [3.8, 4) is 0 Å². The summed E-state index contributed by atoms with van der Waals surface area (Å²) in [6.07, 6.45) is 11.4. The van der Waals surface area contributed by atoms with Crippen LogP contribution in [0.3, 0.4) is 0 Å². The molecule has 34 heavy (non-hydrogen) atoms. The minimum atomic E-state index is -0.751. The van der Waals surface area contributed by atoms with Crippen LogP contribution in [0, 0.1) is 0 Å². The molecule has 3 rings (SSSR count). The number of aromatic nitrogens is 3. The number of carbonyl (C=O) groups is 1. The van der Waals surface area contributed by atoms with E-state index in [1.807, 2.05) is 6.20 Å². The number of aliphatic hydroxyl groups excluding tert-OH is 1. The first-order valence-corrected chi connectivity index (χ1v) is 13.9. The highest BCUT2D eigenvalue weighted by atomic mass is 32.2. The maximum absolute atomic E-state index is 13.0. The fraction of sp³-hybridized carbons (Fsp3) is 0.875. The zero-order valence-corrected chi connectivity index (χ0v) is 21.4. The van der Waals surface area contributed by atoms with Crippen LogP contribution in [0.5, 0.6) is 0 Å². The van der Waals surface area contributed by atoms with Gasteiger partial charge in [-0.3, -0.25) is 4.79 Å². The normalized spacial score (nSPS) is 22.3. The average Bonchev–Trinajstić information content (AvgIpc) is 3.36. The molecule has 2 heterocycles. The van der Waals surface area contributed by atoms with Crippen molar-refractivity contribution >= 4 is 17.7 Å². The van der Waals surface area contributed by atoms with E-state index in [2.05, 4.69) is 17.2 Å². The second-order valence-corrected chi connectivity index (χ2v) is 10.6. The van der Waals surface area contributed by atoms with Gasteiger partial charge in [0.15, 0.2) is 0 Å². The molecule has 0 aromatic carbocycles. The molecule has 1 saturated carbocycles. The Hall–Kier alpha value is -1.20. The first kappa shape index (κ1) is 27.4. The molecule has 1 saturated heterocycles. The summed E-state index contributed by atoms with van der Waals surface area (Å²) in [5.41, 5.74) is 0.680. The van der Waals surface area contributed by atoms with Crippen LogP contribution in [0.2, 0.25) is 0 Å². The Kier molecular flexibility index (Phi) is 12.7. The Morgan fingerprint density at radius 1 is 1.00 bits per heavy atom. The third kappa shape index (κ3) is 9.45. The smallest absolute Gasteiger partial charge is 0.238 e. The number of aliphatic hydroxyl groups is 1. The number of rotatable bonds is 15. The lowest BCUT2D eigenvalue weighted by Gasteiger charge is -2.22. The molecule has 2 atom stereocenters. The van der Waals surface area contributed by atoms with Gasteiger partial charge in [-0.05, 0) is 19.3 Å². The first-order chi connectivity index (χ1) is 16.7. The first-order valence-electron chi connectivity index (χ1n) is 12.9. The van der Waals surface area contributed by atoms with E-state index in [1.165, 1.54) is 44.9 Å². The predicted octanol–water partition coefficient (Wildman–Crippen LogP) is 3.00. The second-order valence-electron chi connectivity index (χ2n) is 9.08. The molecule has 10 heteroatoms. The van der Waals surface area contributed by atoms with Gasteiger partial charge in [-0.1, -0.05) is 44.2 Å². The van der Waals surface area contributed by atoms with E-state index in [-0.39, 0.29) is 17.7 Å². The lowest BCUT2D eigenvalue weighted by molar-refractivity contribution is -0.133. The summed E-state index contributed by atoms with van der Waals surface area (Å²) in [4.78, 5) is 14.5. The van der Waals surface area contributed by atoms with Gasteiger partial charge in [-0.2, -0.15) is 0 Å². The maximum atomic E-state index is 13.0. The van der Waals surface area contributed by atoms with Crippen molar-refractivity contribution in [2.45, 2.75) is 94.5 Å². The summed E-state index contributed by atoms with van der Waals surface area (Å²) < 4.78 is 18.1. The zero-order valence-electron chi connectivity index (χ0n) is 20.6. The molecule has 1 amide bonds. The van der Waals surface area contributed by atoms with Gasteiger partial charge in [0.1, 0.15) is 11.9 Å². The summed E-state index contributed by atoms with van der Waals surface area (Å²) in [5, 5.41) is 19.2. The lowest BCUT2D eigenvalue weighted by Crippen LogP contribution is -2.34. The summed E-state index contributed by atoms with van der Waals surface area (Å²) in [5.74, 6) is 0.0255. The van der Waals surface area contributed by atoms with Crippen molar-refractivity contribution in [2.75, 3.05) is 39.6 Å². The number of hydrogen-bond donors (Lipinski definition) is 1. The van der Waals surface area contributed by atoms with Crippen molar-refractivity contribution in [3.63, 3.8) is 0 Å². The molecule has 0 radical (unpaired) electrons. The largest absolute Gasteiger partial charge is 0.379 e. The Balaban J connectivity index is 1.32. The van der Waals surface area contributed by atoms with Crippen LogP contribution in [0.4, 0.5) is 0 Å². The van der Waals surface area contributed by atoms with Crippen LogP contribution in [0.1, 0.15) is 70.4 Å². The molecular formula is C24H42N4O5S. The number of hydrogen-bond acceptors (Lipinski definition) is 8. The molecule has 0 spiro atoms. The van der Waals surface area contributed by atoms with Crippen LogP contribution in [0.15, 0.2) is 6.20 Å². The van der Waals surface area contributed by atoms with Gasteiger partial charge in [0.2, 0.25) is 5.91 Å². The molecule has 1 aromatic rings. The zero-order chi connectivity index (χ0) is 24.0. The monoisotopic (exact) mass is 498 g/mol. The number of amides is 1. The third-order valence-electron chi connectivity index (χ3n) is 6.23. The second kappa shape index (κ2) is 15.7. The van der Waals surface area contributed by atoms with E-state index < -0.39 is 6.23 Å². The van der Waals surface area contributed by atoms with Gasteiger partial charge in [-0.25, -0.2) is 4.68 Å². The van der Waals surface area contributed by atoms with Crippen LogP contribution in [-0.4, -0.2) is 87.3 Å². The topological polar surface area (TPSA) is 98.9 Å². The predicted molar refractivity (Wildman–Crippen MR) is 131 cm³/mol. The summed E-state index contributed by atoms with van der Waals surface area (Å²) in [6.45, 7) is 6.46. The summed E-state index contributed by atoms with van der Waals surface area (Å²) in [7, 11) is 0. The molecule has 0 bridgehead atoms. The highest BCUT2D eigenvalue weighted by molar-refractivity contribution is 8.01. The van der Waals surface area contributed by atoms with E-state index in [0.717, 1.165) is 13.0 Å². The molecular weight excluding hydrogens is 456 g/mol. The molecule has 2 fully saturated rings. The van der Waals surface area contributed by atoms with Gasteiger partial charge < -0.3 is 24.2 Å². The fourth-order valence-corrected chi connectivity index (χ4v) is 5.98.